The van der Waals surface area contributed by atoms with Crippen molar-refractivity contribution in [3.05, 3.63) is 12.3 Å². The Morgan fingerprint density at radius 3 is 2.64 bits per heavy atom. The van der Waals surface area contributed by atoms with Crippen molar-refractivity contribution in [2.75, 3.05) is 5.32 Å². The number of aromatic nitrogens is 2. The van der Waals surface area contributed by atoms with Crippen LogP contribution in [0.2, 0.25) is 0 Å². The van der Waals surface area contributed by atoms with Gasteiger partial charge in [0.1, 0.15) is 0 Å². The molecule has 0 spiro atoms. The van der Waals surface area contributed by atoms with Crippen molar-refractivity contribution in [1.29, 1.82) is 0 Å². The molecule has 78 valence electrons. The zero-order valence-corrected chi connectivity index (χ0v) is 8.69. The van der Waals surface area contributed by atoms with Crippen molar-refractivity contribution in [1.82, 2.24) is 9.78 Å². The topological polar surface area (TPSA) is 72.9 Å². The van der Waals surface area contributed by atoms with Crippen LogP contribution in [0.25, 0.3) is 0 Å². The highest BCUT2D eigenvalue weighted by Gasteiger charge is 2.09. The predicted octanol–water partition coefficient (Wildman–Crippen LogP) is 0.750. The summed E-state index contributed by atoms with van der Waals surface area (Å²) in [4.78, 5) is 11.2. The van der Waals surface area contributed by atoms with Crippen molar-refractivity contribution in [3.8, 4) is 0 Å². The first-order chi connectivity index (χ1) is 6.50. The maximum atomic E-state index is 11.2. The first-order valence-corrected chi connectivity index (χ1v) is 4.62. The summed E-state index contributed by atoms with van der Waals surface area (Å²) in [6.45, 7) is 5.67. The van der Waals surface area contributed by atoms with E-state index in [9.17, 15) is 4.79 Å². The Hall–Kier alpha value is -1.36. The summed E-state index contributed by atoms with van der Waals surface area (Å²) >= 11 is 0. The van der Waals surface area contributed by atoms with E-state index in [-0.39, 0.29) is 11.9 Å². The molecule has 0 bridgehead atoms. The predicted molar refractivity (Wildman–Crippen MR) is 54.9 cm³/mol. The second kappa shape index (κ2) is 4.23. The summed E-state index contributed by atoms with van der Waals surface area (Å²) in [5.74, 6) is 0.319. The molecule has 1 aromatic heterocycles. The van der Waals surface area contributed by atoms with Crippen LogP contribution in [0.1, 0.15) is 26.8 Å². The van der Waals surface area contributed by atoms with Gasteiger partial charge in [0.25, 0.3) is 0 Å². The summed E-state index contributed by atoms with van der Waals surface area (Å²) < 4.78 is 1.77. The van der Waals surface area contributed by atoms with Crippen molar-refractivity contribution in [3.63, 3.8) is 0 Å². The van der Waals surface area contributed by atoms with Gasteiger partial charge in [-0.3, -0.25) is 9.48 Å². The average Bonchev–Trinajstić information content (AvgIpc) is 2.52. The number of carbonyl (C=O) groups excluding carboxylic acids is 1. The molecule has 0 unspecified atom stereocenters. The lowest BCUT2D eigenvalue weighted by Crippen LogP contribution is -2.32. The van der Waals surface area contributed by atoms with Crippen LogP contribution in [-0.4, -0.2) is 21.7 Å². The Balaban J connectivity index is 2.64. The van der Waals surface area contributed by atoms with Crippen molar-refractivity contribution < 1.29 is 4.79 Å². The van der Waals surface area contributed by atoms with Gasteiger partial charge in [-0.2, -0.15) is 5.10 Å². The minimum absolute atomic E-state index is 0.223. The molecular formula is C9H16N4O. The fourth-order valence-electron chi connectivity index (χ4n) is 0.932. The van der Waals surface area contributed by atoms with Crippen LogP contribution >= 0.6 is 0 Å². The molecule has 0 saturated carbocycles. The maximum Gasteiger partial charge on any atom is 0.242 e. The van der Waals surface area contributed by atoms with Gasteiger partial charge in [0, 0.05) is 18.3 Å². The van der Waals surface area contributed by atoms with Gasteiger partial charge < -0.3 is 11.1 Å². The van der Waals surface area contributed by atoms with E-state index in [1.54, 1.807) is 17.7 Å². The summed E-state index contributed by atoms with van der Waals surface area (Å²) in [6, 6.07) is 1.52. The van der Waals surface area contributed by atoms with Crippen LogP contribution in [0.5, 0.6) is 0 Å². The van der Waals surface area contributed by atoms with Gasteiger partial charge in [0.15, 0.2) is 5.82 Å². The number of nitrogens with one attached hydrogen (secondary N) is 1. The van der Waals surface area contributed by atoms with Gasteiger partial charge in [-0.25, -0.2) is 0 Å². The molecule has 0 radical (unpaired) electrons. The number of hydrogen-bond donors (Lipinski definition) is 2. The van der Waals surface area contributed by atoms with E-state index in [0.29, 0.717) is 5.82 Å². The highest BCUT2D eigenvalue weighted by Crippen LogP contribution is 2.07. The van der Waals surface area contributed by atoms with E-state index >= 15 is 0 Å². The van der Waals surface area contributed by atoms with E-state index in [4.69, 9.17) is 5.73 Å². The Morgan fingerprint density at radius 2 is 2.21 bits per heavy atom. The zero-order chi connectivity index (χ0) is 10.7. The summed E-state index contributed by atoms with van der Waals surface area (Å²) in [5, 5.41) is 6.78. The number of carbonyl (C=O) groups is 1. The number of rotatable bonds is 3. The molecule has 0 aromatic carbocycles. The third kappa shape index (κ3) is 2.56. The minimum atomic E-state index is -0.515. The fraction of sp³-hybridized carbons (Fsp3) is 0.556. The van der Waals surface area contributed by atoms with E-state index in [0.717, 1.165) is 0 Å². The van der Waals surface area contributed by atoms with Gasteiger partial charge in [-0.05, 0) is 20.8 Å². The molecule has 14 heavy (non-hydrogen) atoms. The molecule has 0 saturated heterocycles. The van der Waals surface area contributed by atoms with Gasteiger partial charge >= 0.3 is 0 Å². The van der Waals surface area contributed by atoms with E-state index in [2.05, 4.69) is 10.4 Å². The summed E-state index contributed by atoms with van der Waals surface area (Å²) in [6.07, 6.45) is 1.82. The number of nitrogens with zero attached hydrogens (tertiary/aromatic N) is 2. The Morgan fingerprint density at radius 1 is 1.57 bits per heavy atom. The van der Waals surface area contributed by atoms with Crippen molar-refractivity contribution in [2.24, 2.45) is 5.73 Å². The Labute approximate surface area is 83.3 Å². The third-order valence-electron chi connectivity index (χ3n) is 1.80. The van der Waals surface area contributed by atoms with Gasteiger partial charge in [0.2, 0.25) is 5.91 Å². The molecule has 1 atom stereocenters. The summed E-state index contributed by atoms with van der Waals surface area (Å²) in [5.41, 5.74) is 5.40. The monoisotopic (exact) mass is 196 g/mol. The fourth-order valence-corrected chi connectivity index (χ4v) is 0.932. The van der Waals surface area contributed by atoms with Crippen LogP contribution < -0.4 is 11.1 Å². The number of nitrogens with two attached hydrogens (primary N) is 1. The molecule has 0 aliphatic carbocycles. The number of hydrogen-bond acceptors (Lipinski definition) is 3. The molecule has 0 aliphatic rings. The first-order valence-electron chi connectivity index (χ1n) is 4.62. The smallest absolute Gasteiger partial charge is 0.242 e. The third-order valence-corrected chi connectivity index (χ3v) is 1.80. The molecule has 3 N–H and O–H groups in total. The van der Waals surface area contributed by atoms with Gasteiger partial charge in [-0.15, -0.1) is 0 Å². The molecule has 5 nitrogen and oxygen atoms in total. The van der Waals surface area contributed by atoms with Gasteiger partial charge in [-0.1, -0.05) is 0 Å². The van der Waals surface area contributed by atoms with Crippen LogP contribution in [0, 0.1) is 0 Å². The molecular weight excluding hydrogens is 180 g/mol. The van der Waals surface area contributed by atoms with Crippen molar-refractivity contribution >= 4 is 11.7 Å². The quantitative estimate of drug-likeness (QED) is 0.749. The second-order valence-corrected chi connectivity index (χ2v) is 3.55. The second-order valence-electron chi connectivity index (χ2n) is 3.55. The van der Waals surface area contributed by atoms with E-state index in [1.165, 1.54) is 0 Å². The van der Waals surface area contributed by atoms with Gasteiger partial charge in [0.05, 0.1) is 6.04 Å². The maximum absolute atomic E-state index is 11.2. The van der Waals surface area contributed by atoms with Crippen LogP contribution in [0.4, 0.5) is 5.82 Å². The van der Waals surface area contributed by atoms with Crippen LogP contribution in [-0.2, 0) is 4.79 Å². The summed E-state index contributed by atoms with van der Waals surface area (Å²) in [7, 11) is 0. The minimum Gasteiger partial charge on any atom is -0.320 e. The van der Waals surface area contributed by atoms with E-state index < -0.39 is 6.04 Å². The molecule has 0 fully saturated rings. The largest absolute Gasteiger partial charge is 0.320 e. The zero-order valence-electron chi connectivity index (χ0n) is 8.69. The highest BCUT2D eigenvalue weighted by molar-refractivity contribution is 5.93. The Kier molecular flexibility index (Phi) is 3.24. The normalized spacial score (nSPS) is 12.9. The van der Waals surface area contributed by atoms with Crippen LogP contribution in [0.3, 0.4) is 0 Å². The number of amides is 1. The lowest BCUT2D eigenvalue weighted by Gasteiger charge is -2.05. The lowest BCUT2D eigenvalue weighted by molar-refractivity contribution is -0.117. The molecule has 1 amide bonds. The first kappa shape index (κ1) is 10.7. The van der Waals surface area contributed by atoms with Crippen molar-refractivity contribution in [2.45, 2.75) is 32.9 Å². The average molecular weight is 196 g/mol. The lowest BCUT2D eigenvalue weighted by atomic mass is 10.3. The molecule has 5 heteroatoms. The molecule has 1 aromatic rings. The highest BCUT2D eigenvalue weighted by atomic mass is 16.2. The SMILES string of the molecule is CC(C)n1ccc(NC(=O)[C@H](C)N)n1. The standard InChI is InChI=1S/C9H16N4O/c1-6(2)13-5-4-8(12-13)11-9(14)7(3)10/h4-7H,10H2,1-3H3,(H,11,12,14)/t7-/m0/s1. The molecule has 1 rings (SSSR count). The van der Waals surface area contributed by atoms with Crippen LogP contribution in [0.15, 0.2) is 12.3 Å². The number of anilines is 1. The van der Waals surface area contributed by atoms with E-state index in [1.807, 2.05) is 20.0 Å². The molecule has 0 aliphatic heterocycles. The molecule has 1 heterocycles. The Bertz CT molecular complexity index is 316.